The first kappa shape index (κ1) is 14.2. The Balaban J connectivity index is 3.00. The minimum atomic E-state index is -3.38. The lowest BCUT2D eigenvalue weighted by Crippen LogP contribution is -2.16. The summed E-state index contributed by atoms with van der Waals surface area (Å²) in [7, 11) is -3.38. The fourth-order valence-electron chi connectivity index (χ4n) is 1.32. The second-order valence-corrected chi connectivity index (χ2v) is 5.76. The van der Waals surface area contributed by atoms with Crippen molar-refractivity contribution in [1.82, 2.24) is 0 Å². The van der Waals surface area contributed by atoms with Crippen LogP contribution < -0.4 is 4.72 Å². The zero-order valence-corrected chi connectivity index (χ0v) is 10.8. The van der Waals surface area contributed by atoms with Crippen LogP contribution in [-0.4, -0.2) is 25.2 Å². The minimum absolute atomic E-state index is 0.0122. The summed E-state index contributed by atoms with van der Waals surface area (Å²) >= 11 is 0. The molecule has 0 radical (unpaired) electrons. The first-order valence-electron chi connectivity index (χ1n) is 5.35. The van der Waals surface area contributed by atoms with Gasteiger partial charge in [0.05, 0.1) is 11.4 Å². The van der Waals surface area contributed by atoms with Crippen molar-refractivity contribution in [2.75, 3.05) is 10.5 Å². The SMILES string of the molecule is C=C(Cc1ccccc1NS(=O)(=O)CC)C(=O)O. The molecule has 0 amide bonds. The number of hydrogen-bond donors (Lipinski definition) is 2. The van der Waals surface area contributed by atoms with E-state index in [9.17, 15) is 13.2 Å². The highest BCUT2D eigenvalue weighted by atomic mass is 32.2. The molecular weight excluding hydrogens is 254 g/mol. The molecule has 18 heavy (non-hydrogen) atoms. The first-order chi connectivity index (χ1) is 8.35. The van der Waals surface area contributed by atoms with E-state index in [1.54, 1.807) is 24.3 Å². The van der Waals surface area contributed by atoms with Crippen LogP contribution in [0, 0.1) is 0 Å². The van der Waals surface area contributed by atoms with Crippen molar-refractivity contribution in [1.29, 1.82) is 0 Å². The van der Waals surface area contributed by atoms with Gasteiger partial charge in [0, 0.05) is 12.0 Å². The van der Waals surface area contributed by atoms with Gasteiger partial charge in [-0.15, -0.1) is 0 Å². The maximum absolute atomic E-state index is 11.5. The lowest BCUT2D eigenvalue weighted by atomic mass is 10.1. The molecule has 1 aromatic rings. The summed E-state index contributed by atoms with van der Waals surface area (Å²) in [5.74, 6) is -1.13. The monoisotopic (exact) mass is 269 g/mol. The van der Waals surface area contributed by atoms with E-state index < -0.39 is 16.0 Å². The number of para-hydroxylation sites is 1. The van der Waals surface area contributed by atoms with Crippen LogP contribution in [0.1, 0.15) is 12.5 Å². The van der Waals surface area contributed by atoms with Crippen molar-refractivity contribution in [2.45, 2.75) is 13.3 Å². The normalized spacial score (nSPS) is 10.9. The van der Waals surface area contributed by atoms with E-state index in [0.29, 0.717) is 11.3 Å². The van der Waals surface area contributed by atoms with E-state index in [1.807, 2.05) is 0 Å². The van der Waals surface area contributed by atoms with Crippen LogP contribution in [-0.2, 0) is 21.2 Å². The van der Waals surface area contributed by atoms with Crippen molar-refractivity contribution in [2.24, 2.45) is 0 Å². The minimum Gasteiger partial charge on any atom is -0.478 e. The fourth-order valence-corrected chi connectivity index (χ4v) is 2.00. The Morgan fingerprint density at radius 1 is 1.39 bits per heavy atom. The summed E-state index contributed by atoms with van der Waals surface area (Å²) in [5, 5.41) is 8.77. The number of carboxylic acids is 1. The van der Waals surface area contributed by atoms with Gasteiger partial charge in [0.1, 0.15) is 0 Å². The van der Waals surface area contributed by atoms with Gasteiger partial charge in [0.25, 0.3) is 0 Å². The van der Waals surface area contributed by atoms with Gasteiger partial charge in [-0.1, -0.05) is 24.8 Å². The average Bonchev–Trinajstić information content (AvgIpc) is 2.31. The number of benzene rings is 1. The summed E-state index contributed by atoms with van der Waals surface area (Å²) in [5.41, 5.74) is 0.988. The second kappa shape index (κ2) is 5.68. The molecule has 0 bridgehead atoms. The molecule has 0 unspecified atom stereocenters. The number of nitrogens with one attached hydrogen (secondary N) is 1. The van der Waals surface area contributed by atoms with Crippen LogP contribution in [0.5, 0.6) is 0 Å². The molecule has 1 aromatic carbocycles. The quantitative estimate of drug-likeness (QED) is 0.769. The lowest BCUT2D eigenvalue weighted by Gasteiger charge is -2.11. The molecule has 0 aliphatic heterocycles. The molecule has 2 N–H and O–H groups in total. The predicted molar refractivity (Wildman–Crippen MR) is 70.0 cm³/mol. The average molecular weight is 269 g/mol. The molecule has 0 aliphatic carbocycles. The summed E-state index contributed by atoms with van der Waals surface area (Å²) in [4.78, 5) is 10.7. The van der Waals surface area contributed by atoms with Gasteiger partial charge < -0.3 is 5.11 Å². The third kappa shape index (κ3) is 3.89. The van der Waals surface area contributed by atoms with Crippen LogP contribution in [0.25, 0.3) is 0 Å². The molecule has 1 rings (SSSR count). The molecule has 0 aromatic heterocycles. The van der Waals surface area contributed by atoms with Crippen LogP contribution in [0.2, 0.25) is 0 Å². The predicted octanol–water partition coefficient (Wildman–Crippen LogP) is 1.63. The van der Waals surface area contributed by atoms with Crippen LogP contribution in [0.3, 0.4) is 0 Å². The van der Waals surface area contributed by atoms with Crippen LogP contribution >= 0.6 is 0 Å². The van der Waals surface area contributed by atoms with E-state index in [0.717, 1.165) is 0 Å². The first-order valence-corrected chi connectivity index (χ1v) is 7.00. The van der Waals surface area contributed by atoms with Gasteiger partial charge in [-0.2, -0.15) is 0 Å². The standard InChI is InChI=1S/C12H15NO4S/c1-3-18(16,17)13-11-7-5-4-6-10(11)8-9(2)12(14)15/h4-7,13H,2-3,8H2,1H3,(H,14,15). The van der Waals surface area contributed by atoms with Crippen molar-refractivity contribution >= 4 is 21.7 Å². The molecule has 0 heterocycles. The maximum Gasteiger partial charge on any atom is 0.331 e. The smallest absolute Gasteiger partial charge is 0.331 e. The Morgan fingerprint density at radius 2 is 2.00 bits per heavy atom. The van der Waals surface area contributed by atoms with E-state index in [-0.39, 0.29) is 17.7 Å². The van der Waals surface area contributed by atoms with E-state index in [1.165, 1.54) is 6.92 Å². The lowest BCUT2D eigenvalue weighted by molar-refractivity contribution is -0.132. The van der Waals surface area contributed by atoms with Crippen molar-refractivity contribution in [3.8, 4) is 0 Å². The molecule has 98 valence electrons. The van der Waals surface area contributed by atoms with Crippen molar-refractivity contribution in [3.05, 3.63) is 42.0 Å². The third-order valence-corrected chi connectivity index (χ3v) is 3.66. The Morgan fingerprint density at radius 3 is 2.56 bits per heavy atom. The topological polar surface area (TPSA) is 83.5 Å². The summed E-state index contributed by atoms with van der Waals surface area (Å²) in [6.45, 7) is 4.96. The fraction of sp³-hybridized carbons (Fsp3) is 0.250. The molecular formula is C12H15NO4S. The Bertz CT molecular complexity index is 563. The molecule has 6 heteroatoms. The molecule has 0 saturated carbocycles. The molecule has 0 fully saturated rings. The third-order valence-electron chi connectivity index (χ3n) is 2.37. The summed E-state index contributed by atoms with van der Waals surface area (Å²) < 4.78 is 25.4. The molecule has 0 saturated heterocycles. The Labute approximate surface area is 106 Å². The van der Waals surface area contributed by atoms with Crippen LogP contribution in [0.15, 0.2) is 36.4 Å². The number of hydrogen-bond acceptors (Lipinski definition) is 3. The maximum atomic E-state index is 11.5. The molecule has 5 nitrogen and oxygen atoms in total. The zero-order chi connectivity index (χ0) is 13.8. The van der Waals surface area contributed by atoms with E-state index >= 15 is 0 Å². The van der Waals surface area contributed by atoms with Gasteiger partial charge in [-0.3, -0.25) is 4.72 Å². The van der Waals surface area contributed by atoms with Gasteiger partial charge in [0.15, 0.2) is 0 Å². The van der Waals surface area contributed by atoms with Crippen molar-refractivity contribution < 1.29 is 18.3 Å². The highest BCUT2D eigenvalue weighted by Crippen LogP contribution is 2.19. The number of sulfonamides is 1. The van der Waals surface area contributed by atoms with Gasteiger partial charge in [-0.25, -0.2) is 13.2 Å². The summed E-state index contributed by atoms with van der Waals surface area (Å²) in [6, 6.07) is 6.66. The Hall–Kier alpha value is -1.82. The second-order valence-electron chi connectivity index (χ2n) is 3.75. The highest BCUT2D eigenvalue weighted by Gasteiger charge is 2.12. The zero-order valence-electron chi connectivity index (χ0n) is 10.0. The number of aliphatic carboxylic acids is 1. The largest absolute Gasteiger partial charge is 0.478 e. The van der Waals surface area contributed by atoms with E-state index in [4.69, 9.17) is 5.11 Å². The van der Waals surface area contributed by atoms with Gasteiger partial charge in [0.2, 0.25) is 10.0 Å². The van der Waals surface area contributed by atoms with Crippen molar-refractivity contribution in [3.63, 3.8) is 0 Å². The number of anilines is 1. The molecule has 0 aliphatic rings. The molecule has 0 atom stereocenters. The Kier molecular flexibility index (Phi) is 4.49. The summed E-state index contributed by atoms with van der Waals surface area (Å²) in [6.07, 6.45) is 0.0950. The number of carbonyl (C=O) groups is 1. The number of rotatable bonds is 6. The van der Waals surface area contributed by atoms with E-state index in [2.05, 4.69) is 11.3 Å². The highest BCUT2D eigenvalue weighted by molar-refractivity contribution is 7.92. The van der Waals surface area contributed by atoms with Crippen LogP contribution in [0.4, 0.5) is 5.69 Å². The van der Waals surface area contributed by atoms with Gasteiger partial charge in [-0.05, 0) is 18.6 Å². The molecule has 0 spiro atoms. The van der Waals surface area contributed by atoms with Gasteiger partial charge >= 0.3 is 5.97 Å². The number of carboxylic acid groups (broad SMARTS) is 1.